The van der Waals surface area contributed by atoms with Gasteiger partial charge in [-0.15, -0.1) is 0 Å². The topological polar surface area (TPSA) is 77.6 Å². The number of aromatic nitrogens is 1. The zero-order chi connectivity index (χ0) is 19.4. The predicted octanol–water partition coefficient (Wildman–Crippen LogP) is 2.71. The second kappa shape index (κ2) is 6.62. The van der Waals surface area contributed by atoms with Crippen LogP contribution in [0, 0.1) is 0 Å². The second-order valence-electron chi connectivity index (χ2n) is 8.39. The summed E-state index contributed by atoms with van der Waals surface area (Å²) >= 11 is 0. The van der Waals surface area contributed by atoms with E-state index in [2.05, 4.69) is 9.47 Å². The standard InChI is InChI=1S/C22H27N3O3/c1-2-28-22(27)18-11-17(13-5-6-13)20-16(21(18)26)7-8-19-24(20)9-3-4-15-10-14(23)12-25(15)19/h7-8,11,13-15H,2-6,9-10,12,23H2,1H3/t14-,15?/m0/s1. The number of carbonyl (C=O) groups is 1. The van der Waals surface area contributed by atoms with Crippen LogP contribution in [0.2, 0.25) is 0 Å². The summed E-state index contributed by atoms with van der Waals surface area (Å²) in [5.74, 6) is 1.07. The molecule has 0 radical (unpaired) electrons. The molecule has 0 bridgehead atoms. The highest BCUT2D eigenvalue weighted by molar-refractivity contribution is 5.92. The zero-order valence-electron chi connectivity index (χ0n) is 16.3. The Morgan fingerprint density at radius 2 is 2.11 bits per heavy atom. The second-order valence-corrected chi connectivity index (χ2v) is 8.39. The Labute approximate surface area is 164 Å². The molecule has 0 spiro atoms. The number of carbonyl (C=O) groups excluding carboxylic acids is 1. The van der Waals surface area contributed by atoms with Gasteiger partial charge in [-0.05, 0) is 68.7 Å². The van der Waals surface area contributed by atoms with Crippen molar-refractivity contribution < 1.29 is 9.53 Å². The molecule has 0 amide bonds. The first-order valence-corrected chi connectivity index (χ1v) is 10.5. The minimum Gasteiger partial charge on any atom is -0.462 e. The lowest BCUT2D eigenvalue weighted by Crippen LogP contribution is -2.32. The molecule has 2 aliphatic carbocycles. The van der Waals surface area contributed by atoms with E-state index in [9.17, 15) is 9.59 Å². The highest BCUT2D eigenvalue weighted by Crippen LogP contribution is 2.46. The number of esters is 1. The van der Waals surface area contributed by atoms with E-state index in [1.54, 1.807) is 6.92 Å². The summed E-state index contributed by atoms with van der Waals surface area (Å²) in [6.07, 6.45) is 5.44. The van der Waals surface area contributed by atoms with Crippen molar-refractivity contribution in [1.82, 2.24) is 4.57 Å². The Morgan fingerprint density at radius 1 is 1.29 bits per heavy atom. The molecule has 0 aromatic heterocycles. The van der Waals surface area contributed by atoms with Crippen molar-refractivity contribution in [2.75, 3.05) is 18.1 Å². The van der Waals surface area contributed by atoms with Crippen LogP contribution in [0.25, 0.3) is 11.3 Å². The van der Waals surface area contributed by atoms with Crippen LogP contribution in [-0.2, 0) is 11.3 Å². The number of pyridine rings is 1. The van der Waals surface area contributed by atoms with Gasteiger partial charge in [-0.2, -0.15) is 0 Å². The first kappa shape index (κ1) is 17.7. The summed E-state index contributed by atoms with van der Waals surface area (Å²) in [5.41, 5.74) is 8.99. The van der Waals surface area contributed by atoms with Crippen molar-refractivity contribution in [3.05, 3.63) is 39.5 Å². The van der Waals surface area contributed by atoms with E-state index in [1.165, 1.54) is 0 Å². The van der Waals surface area contributed by atoms with Gasteiger partial charge in [0.15, 0.2) is 0 Å². The molecule has 28 heavy (non-hydrogen) atoms. The molecule has 1 saturated carbocycles. The van der Waals surface area contributed by atoms with Crippen molar-refractivity contribution >= 4 is 11.8 Å². The molecule has 148 valence electrons. The average molecular weight is 381 g/mol. The number of benzene rings is 1. The zero-order valence-corrected chi connectivity index (χ0v) is 16.3. The fraction of sp³-hybridized carbons (Fsp3) is 0.545. The van der Waals surface area contributed by atoms with Crippen LogP contribution in [-0.4, -0.2) is 35.8 Å². The third-order valence-corrected chi connectivity index (χ3v) is 6.44. The lowest BCUT2D eigenvalue weighted by atomic mass is 9.95. The van der Waals surface area contributed by atoms with Crippen molar-refractivity contribution in [1.29, 1.82) is 0 Å². The molecule has 6 nitrogen and oxygen atoms in total. The molecule has 3 aliphatic heterocycles. The SMILES string of the molecule is CCOC(=O)c1cc(C2CC2)c2n3c(ccc-2c1=O)N1C[C@@H](N)CC1CCC3. The highest BCUT2D eigenvalue weighted by atomic mass is 16.5. The summed E-state index contributed by atoms with van der Waals surface area (Å²) < 4.78 is 7.46. The number of nitrogens with zero attached hydrogens (tertiary/aromatic N) is 2. The number of anilines is 1. The van der Waals surface area contributed by atoms with Gasteiger partial charge in [0.1, 0.15) is 11.4 Å². The van der Waals surface area contributed by atoms with E-state index >= 15 is 0 Å². The van der Waals surface area contributed by atoms with Gasteiger partial charge in [0.05, 0.1) is 12.3 Å². The molecule has 3 heterocycles. The Kier molecular flexibility index (Phi) is 4.19. The first-order valence-electron chi connectivity index (χ1n) is 10.5. The van der Waals surface area contributed by atoms with Crippen LogP contribution < -0.4 is 16.1 Å². The van der Waals surface area contributed by atoms with E-state index < -0.39 is 5.97 Å². The van der Waals surface area contributed by atoms with Gasteiger partial charge < -0.3 is 19.9 Å². The van der Waals surface area contributed by atoms with Gasteiger partial charge in [-0.3, -0.25) is 4.79 Å². The Balaban J connectivity index is 1.73. The fourth-order valence-corrected chi connectivity index (χ4v) is 5.05. The average Bonchev–Trinajstić information content (AvgIpc) is 3.47. The smallest absolute Gasteiger partial charge is 0.342 e. The van der Waals surface area contributed by atoms with Gasteiger partial charge in [0.25, 0.3) is 0 Å². The lowest BCUT2D eigenvalue weighted by Gasteiger charge is -2.29. The summed E-state index contributed by atoms with van der Waals surface area (Å²) in [5, 5.41) is 0. The molecule has 5 rings (SSSR count). The van der Waals surface area contributed by atoms with Gasteiger partial charge in [0.2, 0.25) is 5.43 Å². The van der Waals surface area contributed by atoms with E-state index in [-0.39, 0.29) is 23.6 Å². The maximum atomic E-state index is 13.1. The molecular formula is C22H27N3O3. The molecule has 0 aromatic carbocycles. The quantitative estimate of drug-likeness (QED) is 0.827. The van der Waals surface area contributed by atoms with E-state index in [1.807, 2.05) is 18.2 Å². The molecule has 1 unspecified atom stereocenters. The molecule has 6 heteroatoms. The van der Waals surface area contributed by atoms with Crippen LogP contribution in [0.4, 0.5) is 5.82 Å². The van der Waals surface area contributed by atoms with E-state index in [0.29, 0.717) is 17.5 Å². The van der Waals surface area contributed by atoms with Crippen molar-refractivity contribution in [2.24, 2.45) is 5.73 Å². The van der Waals surface area contributed by atoms with Crippen molar-refractivity contribution in [2.45, 2.75) is 63.6 Å². The van der Waals surface area contributed by atoms with Crippen molar-refractivity contribution in [3.8, 4) is 11.3 Å². The van der Waals surface area contributed by atoms with Gasteiger partial charge in [0, 0.05) is 30.7 Å². The van der Waals surface area contributed by atoms with Gasteiger partial charge in [-0.1, -0.05) is 0 Å². The predicted molar refractivity (Wildman–Crippen MR) is 108 cm³/mol. The van der Waals surface area contributed by atoms with Crippen LogP contribution in [0.15, 0.2) is 23.0 Å². The number of fused-ring (bicyclic) bond motifs is 5. The number of hydrogen-bond acceptors (Lipinski definition) is 5. The third-order valence-electron chi connectivity index (χ3n) is 6.44. The Bertz CT molecular complexity index is 962. The lowest BCUT2D eigenvalue weighted by molar-refractivity contribution is 0.0525. The molecule has 1 saturated heterocycles. The Morgan fingerprint density at radius 3 is 2.86 bits per heavy atom. The number of hydrogen-bond donors (Lipinski definition) is 1. The molecule has 0 aromatic rings. The third kappa shape index (κ3) is 2.73. The summed E-state index contributed by atoms with van der Waals surface area (Å²) in [6.45, 7) is 3.79. The van der Waals surface area contributed by atoms with Crippen molar-refractivity contribution in [3.63, 3.8) is 0 Å². The minimum atomic E-state index is -0.512. The normalized spacial score (nSPS) is 24.0. The van der Waals surface area contributed by atoms with Gasteiger partial charge >= 0.3 is 5.97 Å². The number of rotatable bonds is 3. The Hall–Kier alpha value is -2.34. The molecule has 2 N–H and O–H groups in total. The van der Waals surface area contributed by atoms with E-state index in [4.69, 9.17) is 10.5 Å². The van der Waals surface area contributed by atoms with Crippen LogP contribution >= 0.6 is 0 Å². The van der Waals surface area contributed by atoms with E-state index in [0.717, 1.165) is 62.3 Å². The maximum Gasteiger partial charge on any atom is 0.342 e. The minimum absolute atomic E-state index is 0.173. The van der Waals surface area contributed by atoms with Crippen LogP contribution in [0.1, 0.15) is 60.9 Å². The first-order chi connectivity index (χ1) is 13.6. The summed E-state index contributed by atoms with van der Waals surface area (Å²) in [6, 6.07) is 6.45. The molecule has 2 fully saturated rings. The molecule has 5 aliphatic rings. The van der Waals surface area contributed by atoms with Gasteiger partial charge in [-0.25, -0.2) is 4.79 Å². The van der Waals surface area contributed by atoms with Crippen LogP contribution in [0.5, 0.6) is 0 Å². The summed E-state index contributed by atoms with van der Waals surface area (Å²) in [7, 11) is 0. The van der Waals surface area contributed by atoms with Crippen LogP contribution in [0.3, 0.4) is 0 Å². The monoisotopic (exact) mass is 381 g/mol. The highest BCUT2D eigenvalue weighted by Gasteiger charge is 2.37. The number of ether oxygens (including phenoxy) is 1. The largest absolute Gasteiger partial charge is 0.462 e. The molecule has 2 atom stereocenters. The maximum absolute atomic E-state index is 13.1. The fourth-order valence-electron chi connectivity index (χ4n) is 5.05. The number of nitrogens with two attached hydrogens (primary N) is 1. The molecular weight excluding hydrogens is 354 g/mol. The summed E-state index contributed by atoms with van der Waals surface area (Å²) in [4.78, 5) is 28.0.